The molecule has 0 saturated heterocycles. The average molecular weight is 281 g/mol. The lowest BCUT2D eigenvalue weighted by atomic mass is 10.1. The summed E-state index contributed by atoms with van der Waals surface area (Å²) in [6.45, 7) is 1.73. The minimum absolute atomic E-state index is 0.0302. The molecule has 0 aliphatic carbocycles. The molecule has 1 unspecified atom stereocenters. The molecule has 3 nitrogen and oxygen atoms in total. The zero-order valence-corrected chi connectivity index (χ0v) is 10.9. The molecule has 0 amide bonds. The molecule has 1 aromatic heterocycles. The third-order valence-electron chi connectivity index (χ3n) is 2.78. The van der Waals surface area contributed by atoms with Gasteiger partial charge in [0.05, 0.1) is 5.69 Å². The van der Waals surface area contributed by atoms with E-state index >= 15 is 0 Å². The molecule has 0 bridgehead atoms. The maximum Gasteiger partial charge on any atom is 0.407 e. The van der Waals surface area contributed by atoms with Crippen molar-refractivity contribution >= 4 is 0 Å². The van der Waals surface area contributed by atoms with Crippen LogP contribution in [0.2, 0.25) is 0 Å². The Balaban J connectivity index is 2.14. The SMILES string of the molecule is Cc1nccc(CNC(c2ccccc2)C(F)(F)F)n1. The fourth-order valence-corrected chi connectivity index (χ4v) is 1.88. The molecule has 0 spiro atoms. The van der Waals surface area contributed by atoms with Crippen LogP contribution in [0.5, 0.6) is 0 Å². The van der Waals surface area contributed by atoms with E-state index in [4.69, 9.17) is 0 Å². The van der Waals surface area contributed by atoms with Crippen molar-refractivity contribution in [3.8, 4) is 0 Å². The van der Waals surface area contributed by atoms with Gasteiger partial charge in [-0.15, -0.1) is 0 Å². The molecule has 20 heavy (non-hydrogen) atoms. The number of nitrogens with one attached hydrogen (secondary N) is 1. The van der Waals surface area contributed by atoms with Gasteiger partial charge in [0.2, 0.25) is 0 Å². The summed E-state index contributed by atoms with van der Waals surface area (Å²) in [7, 11) is 0. The molecule has 0 saturated carbocycles. The van der Waals surface area contributed by atoms with E-state index < -0.39 is 12.2 Å². The number of alkyl halides is 3. The lowest BCUT2D eigenvalue weighted by Gasteiger charge is -2.22. The molecule has 6 heteroatoms. The molecule has 1 heterocycles. The highest BCUT2D eigenvalue weighted by molar-refractivity contribution is 5.20. The Morgan fingerprint density at radius 3 is 2.45 bits per heavy atom. The summed E-state index contributed by atoms with van der Waals surface area (Å²) in [6.07, 6.45) is -2.83. The Bertz CT molecular complexity index is 555. The van der Waals surface area contributed by atoms with Crippen LogP contribution in [0.4, 0.5) is 13.2 Å². The first-order valence-corrected chi connectivity index (χ1v) is 6.10. The number of nitrogens with zero attached hydrogens (tertiary/aromatic N) is 2. The monoisotopic (exact) mass is 281 g/mol. The van der Waals surface area contributed by atoms with Crippen LogP contribution in [0.1, 0.15) is 23.1 Å². The van der Waals surface area contributed by atoms with E-state index in [-0.39, 0.29) is 12.1 Å². The van der Waals surface area contributed by atoms with Gasteiger partial charge in [0.15, 0.2) is 0 Å². The number of halogens is 3. The normalized spacial score (nSPS) is 13.2. The maximum atomic E-state index is 13.1. The van der Waals surface area contributed by atoms with E-state index in [0.717, 1.165) is 0 Å². The summed E-state index contributed by atoms with van der Waals surface area (Å²) in [4.78, 5) is 7.99. The van der Waals surface area contributed by atoms with Gasteiger partial charge in [0.1, 0.15) is 11.9 Å². The summed E-state index contributed by atoms with van der Waals surface area (Å²) in [5.41, 5.74) is 0.716. The zero-order valence-electron chi connectivity index (χ0n) is 10.9. The van der Waals surface area contributed by atoms with Crippen molar-refractivity contribution in [2.24, 2.45) is 0 Å². The molecule has 2 rings (SSSR count). The van der Waals surface area contributed by atoms with Crippen molar-refractivity contribution in [2.45, 2.75) is 25.7 Å². The second kappa shape index (κ2) is 6.00. The topological polar surface area (TPSA) is 37.8 Å². The van der Waals surface area contributed by atoms with Crippen LogP contribution >= 0.6 is 0 Å². The van der Waals surface area contributed by atoms with Gasteiger partial charge in [-0.1, -0.05) is 30.3 Å². The number of aryl methyl sites for hydroxylation is 1. The van der Waals surface area contributed by atoms with Crippen LogP contribution in [0.3, 0.4) is 0 Å². The smallest absolute Gasteiger partial charge is 0.297 e. The maximum absolute atomic E-state index is 13.1. The van der Waals surface area contributed by atoms with Crippen LogP contribution in [-0.4, -0.2) is 16.1 Å². The van der Waals surface area contributed by atoms with Crippen molar-refractivity contribution < 1.29 is 13.2 Å². The summed E-state index contributed by atoms with van der Waals surface area (Å²) in [5.74, 6) is 0.535. The van der Waals surface area contributed by atoms with Gasteiger partial charge in [0, 0.05) is 12.7 Å². The third-order valence-corrected chi connectivity index (χ3v) is 2.78. The standard InChI is InChI=1S/C14H14F3N3/c1-10-18-8-7-12(20-10)9-19-13(14(15,16)17)11-5-3-2-4-6-11/h2-8,13,19H,9H2,1H3. The summed E-state index contributed by atoms with van der Waals surface area (Å²) >= 11 is 0. The highest BCUT2D eigenvalue weighted by Crippen LogP contribution is 2.32. The summed E-state index contributed by atoms with van der Waals surface area (Å²) in [5, 5.41) is 2.50. The van der Waals surface area contributed by atoms with Crippen LogP contribution in [0.25, 0.3) is 0 Å². The van der Waals surface area contributed by atoms with Gasteiger partial charge >= 0.3 is 6.18 Å². The zero-order chi connectivity index (χ0) is 14.6. The van der Waals surface area contributed by atoms with Crippen molar-refractivity contribution in [3.63, 3.8) is 0 Å². The summed E-state index contributed by atoms with van der Waals surface area (Å²) < 4.78 is 39.3. The molecule has 0 radical (unpaired) electrons. The lowest BCUT2D eigenvalue weighted by Crippen LogP contribution is -2.34. The number of benzene rings is 1. The highest BCUT2D eigenvalue weighted by Gasteiger charge is 2.40. The minimum Gasteiger partial charge on any atom is -0.297 e. The van der Waals surface area contributed by atoms with Gasteiger partial charge in [-0.05, 0) is 18.6 Å². The van der Waals surface area contributed by atoms with Gasteiger partial charge in [-0.3, -0.25) is 5.32 Å². The van der Waals surface area contributed by atoms with E-state index in [1.165, 1.54) is 18.3 Å². The first kappa shape index (κ1) is 14.5. The molecular weight excluding hydrogens is 267 g/mol. The Morgan fingerprint density at radius 1 is 1.15 bits per heavy atom. The van der Waals surface area contributed by atoms with Gasteiger partial charge in [0.25, 0.3) is 0 Å². The van der Waals surface area contributed by atoms with Gasteiger partial charge in [-0.2, -0.15) is 13.2 Å². The predicted molar refractivity (Wildman–Crippen MR) is 68.8 cm³/mol. The fourth-order valence-electron chi connectivity index (χ4n) is 1.88. The fraction of sp³-hybridized carbons (Fsp3) is 0.286. The van der Waals surface area contributed by atoms with Crippen LogP contribution < -0.4 is 5.32 Å². The minimum atomic E-state index is -4.36. The van der Waals surface area contributed by atoms with Crippen LogP contribution in [-0.2, 0) is 6.54 Å². The van der Waals surface area contributed by atoms with E-state index in [2.05, 4.69) is 15.3 Å². The van der Waals surface area contributed by atoms with Crippen molar-refractivity contribution in [1.29, 1.82) is 0 Å². The molecule has 1 aromatic carbocycles. The van der Waals surface area contributed by atoms with Crippen LogP contribution in [0.15, 0.2) is 42.6 Å². The number of aromatic nitrogens is 2. The Kier molecular flexibility index (Phi) is 4.34. The summed E-state index contributed by atoms with van der Waals surface area (Å²) in [6, 6.07) is 7.66. The largest absolute Gasteiger partial charge is 0.407 e. The molecule has 2 aromatic rings. The van der Waals surface area contributed by atoms with E-state index in [0.29, 0.717) is 11.5 Å². The molecular formula is C14H14F3N3. The average Bonchev–Trinajstić information content (AvgIpc) is 2.39. The third kappa shape index (κ3) is 3.77. The second-order valence-corrected chi connectivity index (χ2v) is 4.36. The first-order chi connectivity index (χ1) is 9.47. The van der Waals surface area contributed by atoms with Crippen molar-refractivity contribution in [2.75, 3.05) is 0 Å². The van der Waals surface area contributed by atoms with Gasteiger partial charge in [-0.25, -0.2) is 9.97 Å². The molecule has 0 aliphatic heterocycles. The molecule has 1 N–H and O–H groups in total. The first-order valence-electron chi connectivity index (χ1n) is 6.10. The lowest BCUT2D eigenvalue weighted by molar-refractivity contribution is -0.158. The molecule has 1 atom stereocenters. The number of hydrogen-bond donors (Lipinski definition) is 1. The van der Waals surface area contributed by atoms with E-state index in [1.54, 1.807) is 31.2 Å². The molecule has 0 fully saturated rings. The van der Waals surface area contributed by atoms with Gasteiger partial charge < -0.3 is 0 Å². The Hall–Kier alpha value is -1.95. The Labute approximate surface area is 114 Å². The van der Waals surface area contributed by atoms with Crippen molar-refractivity contribution in [3.05, 3.63) is 59.7 Å². The number of rotatable bonds is 4. The quantitative estimate of drug-likeness (QED) is 0.935. The van der Waals surface area contributed by atoms with E-state index in [9.17, 15) is 13.2 Å². The van der Waals surface area contributed by atoms with Crippen molar-refractivity contribution in [1.82, 2.24) is 15.3 Å². The highest BCUT2D eigenvalue weighted by atomic mass is 19.4. The number of hydrogen-bond acceptors (Lipinski definition) is 3. The molecule has 0 aliphatic rings. The van der Waals surface area contributed by atoms with Crippen LogP contribution in [0, 0.1) is 6.92 Å². The Morgan fingerprint density at radius 2 is 1.85 bits per heavy atom. The van der Waals surface area contributed by atoms with E-state index in [1.807, 2.05) is 0 Å². The second-order valence-electron chi connectivity index (χ2n) is 4.36. The molecule has 106 valence electrons. The predicted octanol–water partition coefficient (Wildman–Crippen LogP) is 3.18.